The summed E-state index contributed by atoms with van der Waals surface area (Å²) < 4.78 is 0. The van der Waals surface area contributed by atoms with Crippen LogP contribution in [0.4, 0.5) is 0 Å². The second-order valence-corrected chi connectivity index (χ2v) is 11.2. The molecule has 0 amide bonds. The topological polar surface area (TPSA) is 0 Å². The van der Waals surface area contributed by atoms with E-state index in [0.717, 1.165) is 11.8 Å². The minimum atomic E-state index is 0. The zero-order valence-corrected chi connectivity index (χ0v) is 35.2. The van der Waals surface area contributed by atoms with E-state index in [0.29, 0.717) is 16.2 Å². The van der Waals surface area contributed by atoms with Crippen molar-refractivity contribution in [2.45, 2.75) is 144 Å². The van der Waals surface area contributed by atoms with Gasteiger partial charge in [-0.15, -0.1) is 0 Å². The summed E-state index contributed by atoms with van der Waals surface area (Å²) in [5.74, 6) is 1.88. The van der Waals surface area contributed by atoms with Crippen molar-refractivity contribution in [2.24, 2.45) is 28.1 Å². The molecule has 1 saturated carbocycles. The second-order valence-electron chi connectivity index (χ2n) is 11.2. The maximum atomic E-state index is 3.83. The van der Waals surface area contributed by atoms with Gasteiger partial charge in [-0.05, 0) is 35.0 Å². The molecule has 3 heteroatoms. The smallest absolute Gasteiger partial charge is 0 e. The number of rotatable bonds is 0. The van der Waals surface area contributed by atoms with E-state index in [-0.39, 0.29) is 98.1 Å². The molecule has 1 fully saturated rings. The molecule has 0 nitrogen and oxygen atoms in total. The van der Waals surface area contributed by atoms with Crippen molar-refractivity contribution in [3.63, 3.8) is 0 Å². The molecule has 1 rings (SSSR count). The summed E-state index contributed by atoms with van der Waals surface area (Å²) >= 11 is 0. The van der Waals surface area contributed by atoms with E-state index in [1.165, 1.54) is 18.4 Å². The predicted octanol–water partition coefficient (Wildman–Crippen LogP) is 11.7. The maximum Gasteiger partial charge on any atom is 0 e. The van der Waals surface area contributed by atoms with Gasteiger partial charge in [-0.2, -0.15) is 6.92 Å². The summed E-state index contributed by atoms with van der Waals surface area (Å²) in [7, 11) is 0. The molecule has 0 aromatic rings. The van der Waals surface area contributed by atoms with Gasteiger partial charge in [0.15, 0.2) is 0 Å². The molecule has 32 heavy (non-hydrogen) atoms. The standard InChI is InChI=1S/C7H16.C7H14.C5H12.C4H8.2C2H6.C2H5.3Y/c2*1-6(2)7(3,4)5;1-5(2,3)4;1-4-2-3-4;3*1-2;;;/h6H,1-5H3;1H2,2-5H3;1-4H3;4H,2-3H2,1H3;2*1-2H3;1H2,2H3;;;/q;;;;;;-1;;;. The molecule has 1 aliphatic carbocycles. The van der Waals surface area contributed by atoms with Gasteiger partial charge in [0.2, 0.25) is 0 Å². The number of hydrogen-bond donors (Lipinski definition) is 0. The van der Waals surface area contributed by atoms with Crippen molar-refractivity contribution in [1.29, 1.82) is 0 Å². The van der Waals surface area contributed by atoms with Gasteiger partial charge < -0.3 is 6.92 Å². The predicted molar refractivity (Wildman–Crippen MR) is 146 cm³/mol. The summed E-state index contributed by atoms with van der Waals surface area (Å²) in [4.78, 5) is 0. The fourth-order valence-electron chi connectivity index (χ4n) is 0.167. The van der Waals surface area contributed by atoms with Gasteiger partial charge in [-0.1, -0.05) is 143 Å². The van der Waals surface area contributed by atoms with Crippen LogP contribution in [0.25, 0.3) is 0 Å². The van der Waals surface area contributed by atoms with E-state index in [1.807, 2.05) is 27.7 Å². The van der Waals surface area contributed by atoms with Gasteiger partial charge in [-0.3, -0.25) is 0 Å². The first-order valence-corrected chi connectivity index (χ1v) is 12.1. The van der Waals surface area contributed by atoms with Crippen molar-refractivity contribution < 1.29 is 98.1 Å². The summed E-state index contributed by atoms with van der Waals surface area (Å²) in [6.45, 7) is 47.7. The molecular formula is C29H67Y3-. The quantitative estimate of drug-likeness (QED) is 0.176. The summed E-state index contributed by atoms with van der Waals surface area (Å²) in [5.41, 5.74) is 2.55. The molecule has 0 heterocycles. The molecule has 0 aromatic carbocycles. The zero-order chi connectivity index (χ0) is 25.6. The van der Waals surface area contributed by atoms with Crippen LogP contribution in [0.3, 0.4) is 0 Å². The van der Waals surface area contributed by atoms with Crippen LogP contribution in [0.15, 0.2) is 12.2 Å². The van der Waals surface area contributed by atoms with Crippen LogP contribution in [0.5, 0.6) is 0 Å². The molecule has 0 atom stereocenters. The molecular weight excluding hydrogens is 615 g/mol. The van der Waals surface area contributed by atoms with Gasteiger partial charge in [0.25, 0.3) is 0 Å². The SMILES string of the molecule is C=C(C)C(C)(C)C.CC.CC.CC(C)(C)C.CC(C)C(C)(C)C.CC1CC1.[CH2-]C.[Y].[Y].[Y]. The van der Waals surface area contributed by atoms with Crippen LogP contribution in [-0.4, -0.2) is 0 Å². The van der Waals surface area contributed by atoms with Crippen molar-refractivity contribution in [3.05, 3.63) is 19.1 Å². The van der Waals surface area contributed by atoms with E-state index >= 15 is 0 Å². The molecule has 0 spiro atoms. The summed E-state index contributed by atoms with van der Waals surface area (Å²) in [5, 5.41) is 0. The molecule has 3 radical (unpaired) electrons. The average Bonchev–Trinajstić information content (AvgIpc) is 3.33. The zero-order valence-electron chi connectivity index (χ0n) is 26.7. The fraction of sp³-hybridized carbons (Fsp3) is 0.897. The van der Waals surface area contributed by atoms with Crippen molar-refractivity contribution in [2.75, 3.05) is 0 Å². The molecule has 0 bridgehead atoms. The Morgan fingerprint density at radius 2 is 0.812 bits per heavy atom. The minimum Gasteiger partial charge on any atom is -0.346 e. The molecule has 0 aliphatic heterocycles. The van der Waals surface area contributed by atoms with Crippen LogP contribution in [0.2, 0.25) is 0 Å². The Balaban J connectivity index is -0.0000000286. The molecule has 0 unspecified atom stereocenters. The van der Waals surface area contributed by atoms with Crippen LogP contribution in [0, 0.1) is 35.0 Å². The minimum absolute atomic E-state index is 0. The second kappa shape index (κ2) is 36.2. The normalized spacial score (nSPS) is 11.0. The first-order chi connectivity index (χ1) is 12.8. The van der Waals surface area contributed by atoms with E-state index in [2.05, 4.69) is 110 Å². The monoisotopic (exact) mass is 682 g/mol. The van der Waals surface area contributed by atoms with Crippen LogP contribution in [-0.2, 0) is 98.1 Å². The van der Waals surface area contributed by atoms with Crippen LogP contribution < -0.4 is 0 Å². The van der Waals surface area contributed by atoms with Gasteiger partial charge in [0.1, 0.15) is 0 Å². The molecule has 193 valence electrons. The fourth-order valence-corrected chi connectivity index (χ4v) is 0.167. The van der Waals surface area contributed by atoms with E-state index in [1.54, 1.807) is 6.92 Å². The van der Waals surface area contributed by atoms with Gasteiger partial charge in [0.05, 0.1) is 0 Å². The molecule has 1 aliphatic rings. The third-order valence-corrected chi connectivity index (χ3v) is 3.88. The Hall–Kier alpha value is 3.05. The third-order valence-electron chi connectivity index (χ3n) is 3.88. The average molecular weight is 683 g/mol. The Morgan fingerprint density at radius 3 is 0.812 bits per heavy atom. The first-order valence-electron chi connectivity index (χ1n) is 12.1. The first kappa shape index (κ1) is 59.9. The Labute approximate surface area is 285 Å². The molecule has 0 N–H and O–H groups in total. The van der Waals surface area contributed by atoms with Crippen molar-refractivity contribution in [3.8, 4) is 0 Å². The Kier molecular flexibility index (Phi) is 67.8. The van der Waals surface area contributed by atoms with Crippen molar-refractivity contribution in [1.82, 2.24) is 0 Å². The Bertz CT molecular complexity index is 290. The largest absolute Gasteiger partial charge is 0.346 e. The van der Waals surface area contributed by atoms with Gasteiger partial charge >= 0.3 is 0 Å². The molecule has 0 saturated heterocycles. The summed E-state index contributed by atoms with van der Waals surface area (Å²) in [6, 6.07) is 0. The van der Waals surface area contributed by atoms with E-state index < -0.39 is 0 Å². The summed E-state index contributed by atoms with van der Waals surface area (Å²) in [6.07, 6.45) is 2.97. The van der Waals surface area contributed by atoms with E-state index in [9.17, 15) is 0 Å². The van der Waals surface area contributed by atoms with Gasteiger partial charge in [0, 0.05) is 98.1 Å². The van der Waals surface area contributed by atoms with Crippen LogP contribution in [0.1, 0.15) is 144 Å². The maximum absolute atomic E-state index is 3.83. The number of hydrogen-bond acceptors (Lipinski definition) is 0. The third kappa shape index (κ3) is 104. The number of allylic oxidation sites excluding steroid dienone is 1. The van der Waals surface area contributed by atoms with Crippen LogP contribution >= 0.6 is 0 Å². The van der Waals surface area contributed by atoms with E-state index in [4.69, 9.17) is 0 Å². The molecule has 0 aromatic heterocycles. The van der Waals surface area contributed by atoms with Crippen molar-refractivity contribution >= 4 is 0 Å². The van der Waals surface area contributed by atoms with Gasteiger partial charge in [-0.25, -0.2) is 0 Å². The Morgan fingerprint density at radius 1 is 0.719 bits per heavy atom.